The number of rotatable bonds is 4. The van der Waals surface area contributed by atoms with Crippen molar-refractivity contribution in [3.8, 4) is 16.9 Å². The second-order valence-electron chi connectivity index (χ2n) is 4.69. The van der Waals surface area contributed by atoms with Crippen molar-refractivity contribution >= 4 is 5.97 Å². The number of hydrogen-bond donors (Lipinski definition) is 1. The summed E-state index contributed by atoms with van der Waals surface area (Å²) < 4.78 is 19.2. The first kappa shape index (κ1) is 14.1. The van der Waals surface area contributed by atoms with Gasteiger partial charge in [-0.1, -0.05) is 18.2 Å². The van der Waals surface area contributed by atoms with E-state index in [4.69, 9.17) is 9.84 Å². The molecule has 0 aliphatic carbocycles. The number of ether oxygens (including phenoxy) is 1. The Morgan fingerprint density at radius 3 is 2.20 bits per heavy atom. The van der Waals surface area contributed by atoms with Crippen molar-refractivity contribution in [2.45, 2.75) is 20.0 Å². The molecule has 1 N–H and O–H groups in total. The Kier molecular flexibility index (Phi) is 4.03. The van der Waals surface area contributed by atoms with Gasteiger partial charge in [0.1, 0.15) is 11.6 Å². The molecule has 0 atom stereocenters. The maximum atomic E-state index is 13.6. The van der Waals surface area contributed by atoms with E-state index >= 15 is 0 Å². The molecule has 0 amide bonds. The van der Waals surface area contributed by atoms with Gasteiger partial charge in [0, 0.05) is 0 Å². The Balaban J connectivity index is 2.28. The summed E-state index contributed by atoms with van der Waals surface area (Å²) in [5.41, 5.74) is 1.11. The smallest absolute Gasteiger partial charge is 0.338 e. The SMILES string of the molecule is CC(C)Oc1ccc(-c2ccc(C(=O)O)c(F)c2)cc1. The number of halogens is 1. The van der Waals surface area contributed by atoms with E-state index in [1.54, 1.807) is 18.2 Å². The van der Waals surface area contributed by atoms with E-state index in [1.165, 1.54) is 12.1 Å². The largest absolute Gasteiger partial charge is 0.491 e. The summed E-state index contributed by atoms with van der Waals surface area (Å²) >= 11 is 0. The highest BCUT2D eigenvalue weighted by Gasteiger charge is 2.11. The minimum absolute atomic E-state index is 0.0909. The van der Waals surface area contributed by atoms with Gasteiger partial charge >= 0.3 is 5.97 Å². The van der Waals surface area contributed by atoms with Gasteiger partial charge in [-0.15, -0.1) is 0 Å². The number of carboxylic acids is 1. The molecule has 0 aliphatic rings. The molecule has 20 heavy (non-hydrogen) atoms. The number of carboxylic acid groups (broad SMARTS) is 1. The van der Waals surface area contributed by atoms with Crippen molar-refractivity contribution in [3.05, 3.63) is 53.8 Å². The van der Waals surface area contributed by atoms with Crippen LogP contribution in [0.5, 0.6) is 5.75 Å². The van der Waals surface area contributed by atoms with Gasteiger partial charge in [0.25, 0.3) is 0 Å². The molecule has 0 saturated carbocycles. The third-order valence-corrected chi connectivity index (χ3v) is 2.76. The third kappa shape index (κ3) is 3.15. The minimum Gasteiger partial charge on any atom is -0.491 e. The predicted octanol–water partition coefficient (Wildman–Crippen LogP) is 3.98. The molecule has 4 heteroatoms. The molecule has 104 valence electrons. The maximum absolute atomic E-state index is 13.6. The molecule has 0 saturated heterocycles. The Morgan fingerprint density at radius 1 is 1.10 bits per heavy atom. The van der Waals surface area contributed by atoms with E-state index in [0.717, 1.165) is 11.3 Å². The number of carbonyl (C=O) groups is 1. The Hall–Kier alpha value is -2.36. The third-order valence-electron chi connectivity index (χ3n) is 2.76. The standard InChI is InChI=1S/C16H15FO3/c1-10(2)20-13-6-3-11(4-7-13)12-5-8-14(16(18)19)15(17)9-12/h3-10H,1-2H3,(H,18,19). The Bertz CT molecular complexity index is 618. The fourth-order valence-electron chi connectivity index (χ4n) is 1.87. The summed E-state index contributed by atoms with van der Waals surface area (Å²) in [4.78, 5) is 10.8. The average Bonchev–Trinajstić information content (AvgIpc) is 2.38. The molecular weight excluding hydrogens is 259 g/mol. The lowest BCUT2D eigenvalue weighted by Gasteiger charge is -2.10. The van der Waals surface area contributed by atoms with Crippen molar-refractivity contribution in [2.24, 2.45) is 0 Å². The summed E-state index contributed by atoms with van der Waals surface area (Å²) in [5, 5.41) is 8.79. The lowest BCUT2D eigenvalue weighted by atomic mass is 10.0. The van der Waals surface area contributed by atoms with E-state index in [0.29, 0.717) is 5.56 Å². The van der Waals surface area contributed by atoms with Gasteiger partial charge in [-0.25, -0.2) is 9.18 Å². The highest BCUT2D eigenvalue weighted by Crippen LogP contribution is 2.24. The molecule has 0 radical (unpaired) electrons. The van der Waals surface area contributed by atoms with Gasteiger partial charge in [0.2, 0.25) is 0 Å². The van der Waals surface area contributed by atoms with E-state index in [2.05, 4.69) is 0 Å². The zero-order chi connectivity index (χ0) is 14.7. The summed E-state index contributed by atoms with van der Waals surface area (Å²) in [6, 6.07) is 11.3. The minimum atomic E-state index is -1.27. The average molecular weight is 274 g/mol. The van der Waals surface area contributed by atoms with Crippen LogP contribution in [-0.2, 0) is 0 Å². The molecule has 0 bridgehead atoms. The van der Waals surface area contributed by atoms with Gasteiger partial charge in [-0.3, -0.25) is 0 Å². The summed E-state index contributed by atoms with van der Waals surface area (Å²) in [7, 11) is 0. The van der Waals surface area contributed by atoms with Crippen LogP contribution in [-0.4, -0.2) is 17.2 Å². The summed E-state index contributed by atoms with van der Waals surface area (Å²) in [6.07, 6.45) is 0.0909. The van der Waals surface area contributed by atoms with Crippen molar-refractivity contribution in [1.29, 1.82) is 0 Å². The fourth-order valence-corrected chi connectivity index (χ4v) is 1.87. The number of aromatic carboxylic acids is 1. The molecule has 2 aromatic carbocycles. The molecule has 0 heterocycles. The van der Waals surface area contributed by atoms with Crippen LogP contribution in [0.15, 0.2) is 42.5 Å². The molecule has 3 nitrogen and oxygen atoms in total. The normalized spacial score (nSPS) is 10.6. The fraction of sp³-hybridized carbons (Fsp3) is 0.188. The van der Waals surface area contributed by atoms with Crippen LogP contribution in [0.2, 0.25) is 0 Å². The highest BCUT2D eigenvalue weighted by atomic mass is 19.1. The van der Waals surface area contributed by atoms with Gasteiger partial charge in [-0.05, 0) is 49.2 Å². The van der Waals surface area contributed by atoms with Crippen molar-refractivity contribution < 1.29 is 19.0 Å². The highest BCUT2D eigenvalue weighted by molar-refractivity contribution is 5.88. The lowest BCUT2D eigenvalue weighted by Crippen LogP contribution is -2.05. The molecule has 0 unspecified atom stereocenters. The summed E-state index contributed by atoms with van der Waals surface area (Å²) in [6.45, 7) is 3.88. The van der Waals surface area contributed by atoms with Crippen LogP contribution in [0.25, 0.3) is 11.1 Å². The predicted molar refractivity (Wildman–Crippen MR) is 74.6 cm³/mol. The lowest BCUT2D eigenvalue weighted by molar-refractivity contribution is 0.0692. The van der Waals surface area contributed by atoms with Crippen molar-refractivity contribution in [1.82, 2.24) is 0 Å². The molecule has 2 rings (SSSR count). The Labute approximate surface area is 116 Å². The molecule has 0 aromatic heterocycles. The topological polar surface area (TPSA) is 46.5 Å². The Morgan fingerprint density at radius 2 is 1.70 bits per heavy atom. The van der Waals surface area contributed by atoms with Crippen LogP contribution < -0.4 is 4.74 Å². The van der Waals surface area contributed by atoms with Crippen molar-refractivity contribution in [2.75, 3.05) is 0 Å². The second kappa shape index (κ2) is 5.74. The number of benzene rings is 2. The van der Waals surface area contributed by atoms with E-state index in [1.807, 2.05) is 26.0 Å². The van der Waals surface area contributed by atoms with Gasteiger partial charge in [0.15, 0.2) is 0 Å². The van der Waals surface area contributed by atoms with E-state index in [-0.39, 0.29) is 11.7 Å². The summed E-state index contributed by atoms with van der Waals surface area (Å²) in [5.74, 6) is -1.27. The van der Waals surface area contributed by atoms with Crippen LogP contribution in [0.3, 0.4) is 0 Å². The molecule has 0 aliphatic heterocycles. The van der Waals surface area contributed by atoms with E-state index < -0.39 is 11.8 Å². The van der Waals surface area contributed by atoms with Crippen molar-refractivity contribution in [3.63, 3.8) is 0 Å². The molecule has 0 fully saturated rings. The monoisotopic (exact) mass is 274 g/mol. The van der Waals surface area contributed by atoms with Gasteiger partial charge in [0.05, 0.1) is 11.7 Å². The first-order valence-corrected chi connectivity index (χ1v) is 6.27. The van der Waals surface area contributed by atoms with Gasteiger partial charge < -0.3 is 9.84 Å². The number of hydrogen-bond acceptors (Lipinski definition) is 2. The van der Waals surface area contributed by atoms with Crippen LogP contribution in [0, 0.1) is 5.82 Å². The maximum Gasteiger partial charge on any atom is 0.338 e. The van der Waals surface area contributed by atoms with Crippen LogP contribution in [0.1, 0.15) is 24.2 Å². The molecule has 2 aromatic rings. The first-order chi connectivity index (χ1) is 9.47. The first-order valence-electron chi connectivity index (χ1n) is 6.27. The molecular formula is C16H15FO3. The van der Waals surface area contributed by atoms with Gasteiger partial charge in [-0.2, -0.15) is 0 Å². The van der Waals surface area contributed by atoms with Crippen LogP contribution >= 0.6 is 0 Å². The zero-order valence-corrected chi connectivity index (χ0v) is 11.3. The molecule has 0 spiro atoms. The second-order valence-corrected chi connectivity index (χ2v) is 4.69. The van der Waals surface area contributed by atoms with Crippen LogP contribution in [0.4, 0.5) is 4.39 Å². The quantitative estimate of drug-likeness (QED) is 0.917. The zero-order valence-electron chi connectivity index (χ0n) is 11.3. The van der Waals surface area contributed by atoms with E-state index in [9.17, 15) is 9.18 Å².